The molecule has 2 rings (SSSR count). The number of nitrogen functional groups attached to an aromatic ring is 1. The van der Waals surface area contributed by atoms with Crippen LogP contribution in [0.2, 0.25) is 0 Å². The maximum absolute atomic E-state index is 8.91. The van der Waals surface area contributed by atoms with Crippen LogP contribution in [0.1, 0.15) is 44.7 Å². The van der Waals surface area contributed by atoms with E-state index in [-0.39, 0.29) is 12.0 Å². The second-order valence-corrected chi connectivity index (χ2v) is 5.02. The Morgan fingerprint density at radius 1 is 1.44 bits per heavy atom. The van der Waals surface area contributed by atoms with Crippen LogP contribution in [-0.2, 0) is 12.0 Å². The molecule has 90 valence electrons. The van der Waals surface area contributed by atoms with Crippen molar-refractivity contribution < 1.29 is 5.11 Å². The first-order chi connectivity index (χ1) is 7.65. The molecule has 16 heavy (non-hydrogen) atoms. The maximum atomic E-state index is 8.91. The lowest BCUT2D eigenvalue weighted by atomic mass is 9.73. The largest absolute Gasteiger partial charge is 0.394 e. The van der Waals surface area contributed by atoms with Crippen LogP contribution in [0.5, 0.6) is 0 Å². The van der Waals surface area contributed by atoms with Gasteiger partial charge in [-0.3, -0.25) is 0 Å². The monoisotopic (exact) mass is 223 g/mol. The molecular formula is C12H21N3O. The van der Waals surface area contributed by atoms with Crippen molar-refractivity contribution in [2.45, 2.75) is 51.0 Å². The van der Waals surface area contributed by atoms with E-state index in [0.717, 1.165) is 5.69 Å². The second-order valence-electron chi connectivity index (χ2n) is 5.02. The first-order valence-corrected chi connectivity index (χ1v) is 6.10. The van der Waals surface area contributed by atoms with E-state index in [2.05, 4.69) is 12.0 Å². The topological polar surface area (TPSA) is 64.1 Å². The summed E-state index contributed by atoms with van der Waals surface area (Å²) < 4.78 is 1.70. The third-order valence-corrected chi connectivity index (χ3v) is 3.70. The standard InChI is InChI=1S/C12H21N3O/c1-12(5-3-2-4-6-12)10-9-11(13)15(14-10)7-8-16/h9,16H,2-8,13H2,1H3. The van der Waals surface area contributed by atoms with Crippen molar-refractivity contribution in [3.8, 4) is 0 Å². The van der Waals surface area contributed by atoms with Crippen LogP contribution in [0.4, 0.5) is 5.82 Å². The molecule has 1 aliphatic rings. The molecule has 1 fully saturated rings. The van der Waals surface area contributed by atoms with Crippen molar-refractivity contribution in [3.63, 3.8) is 0 Å². The molecule has 0 spiro atoms. The third kappa shape index (κ3) is 2.07. The number of anilines is 1. The number of aliphatic hydroxyl groups is 1. The Morgan fingerprint density at radius 2 is 2.12 bits per heavy atom. The maximum Gasteiger partial charge on any atom is 0.122 e. The molecule has 4 heteroatoms. The first-order valence-electron chi connectivity index (χ1n) is 6.10. The molecule has 1 aliphatic carbocycles. The van der Waals surface area contributed by atoms with Crippen LogP contribution < -0.4 is 5.73 Å². The normalized spacial score (nSPS) is 19.9. The SMILES string of the molecule is CC1(c2cc(N)n(CCO)n2)CCCCC1. The van der Waals surface area contributed by atoms with Gasteiger partial charge in [-0.25, -0.2) is 4.68 Å². The molecule has 0 unspecified atom stereocenters. The molecule has 1 aromatic heterocycles. The minimum absolute atomic E-state index is 0.0854. The van der Waals surface area contributed by atoms with Gasteiger partial charge in [0.2, 0.25) is 0 Å². The van der Waals surface area contributed by atoms with Crippen molar-refractivity contribution in [1.29, 1.82) is 0 Å². The Balaban J connectivity index is 2.22. The van der Waals surface area contributed by atoms with Crippen LogP contribution in [0, 0.1) is 0 Å². The summed E-state index contributed by atoms with van der Waals surface area (Å²) in [5, 5.41) is 13.4. The molecule has 1 heterocycles. The fourth-order valence-corrected chi connectivity index (χ4v) is 2.59. The molecule has 4 nitrogen and oxygen atoms in total. The molecule has 1 saturated carbocycles. The van der Waals surface area contributed by atoms with Crippen LogP contribution in [0.3, 0.4) is 0 Å². The van der Waals surface area contributed by atoms with Gasteiger partial charge in [-0.2, -0.15) is 5.10 Å². The number of hydrogen-bond donors (Lipinski definition) is 2. The van der Waals surface area contributed by atoms with Gasteiger partial charge in [0.15, 0.2) is 0 Å². The van der Waals surface area contributed by atoms with Gasteiger partial charge in [0, 0.05) is 11.5 Å². The van der Waals surface area contributed by atoms with Gasteiger partial charge in [0.1, 0.15) is 5.82 Å². The summed E-state index contributed by atoms with van der Waals surface area (Å²) in [5.74, 6) is 0.663. The van der Waals surface area contributed by atoms with E-state index >= 15 is 0 Å². The van der Waals surface area contributed by atoms with E-state index in [1.165, 1.54) is 32.1 Å². The lowest BCUT2D eigenvalue weighted by Crippen LogP contribution is -2.25. The Bertz CT molecular complexity index is 353. The van der Waals surface area contributed by atoms with E-state index in [0.29, 0.717) is 12.4 Å². The van der Waals surface area contributed by atoms with Gasteiger partial charge < -0.3 is 10.8 Å². The molecule has 0 saturated heterocycles. The van der Waals surface area contributed by atoms with E-state index in [1.807, 2.05) is 6.07 Å². The van der Waals surface area contributed by atoms with Gasteiger partial charge in [0.05, 0.1) is 18.8 Å². The average molecular weight is 223 g/mol. The van der Waals surface area contributed by atoms with Crippen LogP contribution in [0.15, 0.2) is 6.07 Å². The summed E-state index contributed by atoms with van der Waals surface area (Å²) in [6.07, 6.45) is 6.29. The fraction of sp³-hybridized carbons (Fsp3) is 0.750. The summed E-state index contributed by atoms with van der Waals surface area (Å²) in [5.41, 5.74) is 7.17. The molecule has 1 aromatic rings. The second kappa shape index (κ2) is 4.45. The summed E-state index contributed by atoms with van der Waals surface area (Å²) in [6, 6.07) is 1.97. The van der Waals surface area contributed by atoms with Crippen LogP contribution in [-0.4, -0.2) is 21.5 Å². The fourth-order valence-electron chi connectivity index (χ4n) is 2.59. The lowest BCUT2D eigenvalue weighted by Gasteiger charge is -2.31. The molecule has 0 radical (unpaired) electrons. The molecule has 0 bridgehead atoms. The summed E-state index contributed by atoms with van der Waals surface area (Å²) in [4.78, 5) is 0. The minimum atomic E-state index is 0.0854. The molecule has 0 aliphatic heterocycles. The summed E-state index contributed by atoms with van der Waals surface area (Å²) >= 11 is 0. The van der Waals surface area contributed by atoms with Crippen LogP contribution in [0.25, 0.3) is 0 Å². The summed E-state index contributed by atoms with van der Waals surface area (Å²) in [6.45, 7) is 2.85. The third-order valence-electron chi connectivity index (χ3n) is 3.70. The quantitative estimate of drug-likeness (QED) is 0.819. The number of rotatable bonds is 3. The number of nitrogens with two attached hydrogens (primary N) is 1. The predicted molar refractivity (Wildman–Crippen MR) is 64.2 cm³/mol. The predicted octanol–water partition coefficient (Wildman–Crippen LogP) is 1.68. The molecule has 0 aromatic carbocycles. The lowest BCUT2D eigenvalue weighted by molar-refractivity contribution is 0.266. The summed E-state index contributed by atoms with van der Waals surface area (Å²) in [7, 11) is 0. The Morgan fingerprint density at radius 3 is 2.75 bits per heavy atom. The number of aromatic nitrogens is 2. The van der Waals surface area contributed by atoms with Gasteiger partial charge in [0.25, 0.3) is 0 Å². The van der Waals surface area contributed by atoms with Crippen LogP contribution >= 0.6 is 0 Å². The molecule has 3 N–H and O–H groups in total. The van der Waals surface area contributed by atoms with Crippen molar-refractivity contribution in [3.05, 3.63) is 11.8 Å². The van der Waals surface area contributed by atoms with Crippen molar-refractivity contribution in [2.24, 2.45) is 0 Å². The Hall–Kier alpha value is -1.03. The zero-order chi connectivity index (χ0) is 11.6. The minimum Gasteiger partial charge on any atom is -0.394 e. The number of aliphatic hydroxyl groups excluding tert-OH is 1. The average Bonchev–Trinajstić information content (AvgIpc) is 2.63. The Labute approximate surface area is 96.5 Å². The highest BCUT2D eigenvalue weighted by Crippen LogP contribution is 2.38. The smallest absolute Gasteiger partial charge is 0.122 e. The highest BCUT2D eigenvalue weighted by molar-refractivity contribution is 5.34. The van der Waals surface area contributed by atoms with Gasteiger partial charge in [-0.15, -0.1) is 0 Å². The van der Waals surface area contributed by atoms with Gasteiger partial charge in [-0.05, 0) is 12.8 Å². The number of nitrogens with zero attached hydrogens (tertiary/aromatic N) is 2. The molecule has 0 amide bonds. The molecule has 0 atom stereocenters. The highest BCUT2D eigenvalue weighted by Gasteiger charge is 2.31. The van der Waals surface area contributed by atoms with Crippen molar-refractivity contribution in [1.82, 2.24) is 9.78 Å². The van der Waals surface area contributed by atoms with E-state index < -0.39 is 0 Å². The highest BCUT2D eigenvalue weighted by atomic mass is 16.3. The first kappa shape index (κ1) is 11.5. The molecular weight excluding hydrogens is 202 g/mol. The zero-order valence-corrected chi connectivity index (χ0v) is 9.95. The van der Waals surface area contributed by atoms with Gasteiger partial charge in [-0.1, -0.05) is 26.2 Å². The van der Waals surface area contributed by atoms with Gasteiger partial charge >= 0.3 is 0 Å². The van der Waals surface area contributed by atoms with E-state index in [4.69, 9.17) is 10.8 Å². The zero-order valence-electron chi connectivity index (χ0n) is 9.95. The van der Waals surface area contributed by atoms with E-state index in [1.54, 1.807) is 4.68 Å². The Kier molecular flexibility index (Phi) is 3.19. The van der Waals surface area contributed by atoms with Crippen molar-refractivity contribution in [2.75, 3.05) is 12.3 Å². The van der Waals surface area contributed by atoms with E-state index in [9.17, 15) is 0 Å². The van der Waals surface area contributed by atoms with Crippen molar-refractivity contribution >= 4 is 5.82 Å². The number of hydrogen-bond acceptors (Lipinski definition) is 3.